The van der Waals surface area contributed by atoms with Gasteiger partial charge in [0.05, 0.1) is 5.70 Å². The van der Waals surface area contributed by atoms with Crippen molar-refractivity contribution in [2.24, 2.45) is 4.99 Å². The van der Waals surface area contributed by atoms with E-state index < -0.39 is 0 Å². The zero-order valence-corrected chi connectivity index (χ0v) is 10.9. The highest BCUT2D eigenvalue weighted by Crippen LogP contribution is 2.36. The molecular weight excluding hydrogens is 226 g/mol. The summed E-state index contributed by atoms with van der Waals surface area (Å²) in [6.45, 7) is 7.93. The van der Waals surface area contributed by atoms with Crippen LogP contribution in [0.5, 0.6) is 0 Å². The molecule has 0 bridgehead atoms. The van der Waals surface area contributed by atoms with Gasteiger partial charge in [0, 0.05) is 21.1 Å². The molecule has 0 aromatic heterocycles. The first-order valence-corrected chi connectivity index (χ1v) is 6.40. The molecule has 2 rings (SSSR count). The molecule has 1 heterocycles. The van der Waals surface area contributed by atoms with Gasteiger partial charge in [-0.1, -0.05) is 48.7 Å². The quantitative estimate of drug-likeness (QED) is 0.738. The molecule has 1 aromatic carbocycles. The fraction of sp³-hybridized carbons (Fsp3) is 0.133. The number of allylic oxidation sites excluding steroid dienone is 3. The average Bonchev–Trinajstić information content (AvgIpc) is 2.48. The van der Waals surface area contributed by atoms with Crippen LogP contribution >= 0.6 is 11.8 Å². The number of fused-ring (bicyclic) bond motifs is 1. The first kappa shape index (κ1) is 11.9. The van der Waals surface area contributed by atoms with Crippen molar-refractivity contribution in [2.75, 3.05) is 0 Å². The van der Waals surface area contributed by atoms with Crippen LogP contribution in [-0.4, -0.2) is 5.71 Å². The first-order chi connectivity index (χ1) is 8.26. The minimum Gasteiger partial charge on any atom is -0.252 e. The Balaban J connectivity index is 2.60. The maximum atomic E-state index is 4.68. The number of benzene rings is 1. The van der Waals surface area contributed by atoms with Crippen LogP contribution in [0.4, 0.5) is 0 Å². The van der Waals surface area contributed by atoms with Crippen LogP contribution in [0.1, 0.15) is 19.4 Å². The zero-order chi connectivity index (χ0) is 12.3. The monoisotopic (exact) mass is 241 g/mol. The van der Waals surface area contributed by atoms with Crippen LogP contribution in [0.15, 0.2) is 69.6 Å². The smallest absolute Gasteiger partial charge is 0.0768 e. The lowest BCUT2D eigenvalue weighted by molar-refractivity contribution is 1.35. The Hall–Kier alpha value is -1.54. The molecule has 17 heavy (non-hydrogen) atoms. The van der Waals surface area contributed by atoms with Crippen molar-refractivity contribution < 1.29 is 0 Å². The number of rotatable bonds is 2. The predicted molar refractivity (Wildman–Crippen MR) is 76.5 cm³/mol. The van der Waals surface area contributed by atoms with Gasteiger partial charge in [0.1, 0.15) is 0 Å². The van der Waals surface area contributed by atoms with Crippen LogP contribution in [0.2, 0.25) is 0 Å². The Morgan fingerprint density at radius 2 is 2.06 bits per heavy atom. The molecule has 0 spiro atoms. The van der Waals surface area contributed by atoms with E-state index in [1.807, 2.05) is 31.2 Å². The minimum atomic E-state index is 0.987. The van der Waals surface area contributed by atoms with E-state index >= 15 is 0 Å². The largest absolute Gasteiger partial charge is 0.252 e. The Morgan fingerprint density at radius 3 is 2.76 bits per heavy atom. The molecule has 1 aromatic rings. The standard InChI is InChI=1S/C15H15NS/c1-4-8-13-14(5-2)17-15-10-7-6-9-12(15)11(3)16-13/h4-10H,2H2,1,3H3/b8-4-. The van der Waals surface area contributed by atoms with E-state index in [9.17, 15) is 0 Å². The van der Waals surface area contributed by atoms with E-state index in [4.69, 9.17) is 0 Å². The van der Waals surface area contributed by atoms with Crippen molar-refractivity contribution in [1.82, 2.24) is 0 Å². The second-order valence-electron chi connectivity index (χ2n) is 3.75. The molecule has 0 atom stereocenters. The lowest BCUT2D eigenvalue weighted by atomic mass is 10.1. The number of thioether (sulfide) groups is 1. The van der Waals surface area contributed by atoms with Crippen molar-refractivity contribution in [3.63, 3.8) is 0 Å². The topological polar surface area (TPSA) is 12.4 Å². The molecule has 0 saturated carbocycles. The normalized spacial score (nSPS) is 15.5. The summed E-state index contributed by atoms with van der Waals surface area (Å²) in [5, 5.41) is 0. The molecule has 0 aliphatic carbocycles. The summed E-state index contributed by atoms with van der Waals surface area (Å²) < 4.78 is 0. The summed E-state index contributed by atoms with van der Waals surface area (Å²) in [7, 11) is 0. The minimum absolute atomic E-state index is 0.987. The van der Waals surface area contributed by atoms with Gasteiger partial charge in [-0.2, -0.15) is 0 Å². The highest BCUT2D eigenvalue weighted by Gasteiger charge is 2.13. The third kappa shape index (κ3) is 2.42. The molecule has 0 amide bonds. The van der Waals surface area contributed by atoms with Crippen LogP contribution in [0.3, 0.4) is 0 Å². The van der Waals surface area contributed by atoms with Gasteiger partial charge in [0.25, 0.3) is 0 Å². The molecule has 0 radical (unpaired) electrons. The summed E-state index contributed by atoms with van der Waals surface area (Å²) in [4.78, 5) is 7.02. The summed E-state index contributed by atoms with van der Waals surface area (Å²) in [6, 6.07) is 8.34. The van der Waals surface area contributed by atoms with E-state index in [0.717, 1.165) is 16.3 Å². The molecule has 0 N–H and O–H groups in total. The van der Waals surface area contributed by atoms with Crippen LogP contribution < -0.4 is 0 Å². The second-order valence-corrected chi connectivity index (χ2v) is 4.83. The fourth-order valence-corrected chi connectivity index (χ4v) is 2.76. The molecule has 1 aliphatic heterocycles. The van der Waals surface area contributed by atoms with Gasteiger partial charge in [-0.15, -0.1) is 0 Å². The van der Waals surface area contributed by atoms with Crippen molar-refractivity contribution in [3.05, 3.63) is 65.2 Å². The van der Waals surface area contributed by atoms with E-state index in [2.05, 4.69) is 36.7 Å². The molecule has 2 heteroatoms. The Morgan fingerprint density at radius 1 is 1.29 bits per heavy atom. The predicted octanol–water partition coefficient (Wildman–Crippen LogP) is 4.58. The molecule has 0 fully saturated rings. The third-order valence-electron chi connectivity index (χ3n) is 2.55. The van der Waals surface area contributed by atoms with Crippen LogP contribution in [0, 0.1) is 0 Å². The number of hydrogen-bond acceptors (Lipinski definition) is 2. The lowest BCUT2D eigenvalue weighted by Crippen LogP contribution is -1.95. The summed E-state index contributed by atoms with van der Waals surface area (Å²) in [6.07, 6.45) is 5.91. The van der Waals surface area contributed by atoms with Crippen molar-refractivity contribution in [3.8, 4) is 0 Å². The second kappa shape index (κ2) is 5.19. The molecular formula is C15H15NS. The van der Waals surface area contributed by atoms with Gasteiger partial charge in [-0.3, -0.25) is 4.99 Å². The highest BCUT2D eigenvalue weighted by molar-refractivity contribution is 8.03. The maximum Gasteiger partial charge on any atom is 0.0768 e. The Labute approximate surface area is 107 Å². The number of aliphatic imine (C=N–C) groups is 1. The molecule has 0 saturated heterocycles. The van der Waals surface area contributed by atoms with Gasteiger partial charge >= 0.3 is 0 Å². The van der Waals surface area contributed by atoms with Crippen molar-refractivity contribution in [2.45, 2.75) is 18.7 Å². The third-order valence-corrected chi connectivity index (χ3v) is 3.72. The van der Waals surface area contributed by atoms with E-state index in [1.54, 1.807) is 11.8 Å². The number of nitrogens with zero attached hydrogens (tertiary/aromatic N) is 1. The SMILES string of the molecule is C=CC1=C(/C=C\C)N=C(C)c2ccccc2S1. The molecule has 1 aliphatic rings. The highest BCUT2D eigenvalue weighted by atomic mass is 32.2. The Bertz CT molecular complexity index is 536. The summed E-state index contributed by atoms with van der Waals surface area (Å²) in [5.74, 6) is 0. The molecule has 0 unspecified atom stereocenters. The summed E-state index contributed by atoms with van der Waals surface area (Å²) >= 11 is 1.73. The molecule has 86 valence electrons. The zero-order valence-electron chi connectivity index (χ0n) is 10.1. The Kier molecular flexibility index (Phi) is 3.64. The van der Waals surface area contributed by atoms with Gasteiger partial charge in [0.15, 0.2) is 0 Å². The molecule has 1 nitrogen and oxygen atoms in total. The van der Waals surface area contributed by atoms with E-state index in [0.29, 0.717) is 0 Å². The van der Waals surface area contributed by atoms with Gasteiger partial charge in [-0.25, -0.2) is 0 Å². The van der Waals surface area contributed by atoms with Gasteiger partial charge < -0.3 is 0 Å². The van der Waals surface area contributed by atoms with Crippen LogP contribution in [0.25, 0.3) is 0 Å². The van der Waals surface area contributed by atoms with Gasteiger partial charge in [0.2, 0.25) is 0 Å². The maximum absolute atomic E-state index is 4.68. The first-order valence-electron chi connectivity index (χ1n) is 5.58. The van der Waals surface area contributed by atoms with Gasteiger partial charge in [-0.05, 0) is 26.0 Å². The average molecular weight is 241 g/mol. The van der Waals surface area contributed by atoms with E-state index in [-0.39, 0.29) is 0 Å². The lowest BCUT2D eigenvalue weighted by Gasteiger charge is -2.04. The van der Waals surface area contributed by atoms with E-state index in [1.165, 1.54) is 10.5 Å². The number of hydrogen-bond donors (Lipinski definition) is 0. The van der Waals surface area contributed by atoms with Crippen molar-refractivity contribution in [1.29, 1.82) is 0 Å². The fourth-order valence-electron chi connectivity index (χ4n) is 1.74. The summed E-state index contributed by atoms with van der Waals surface area (Å²) in [5.41, 5.74) is 3.25. The van der Waals surface area contributed by atoms with Crippen molar-refractivity contribution >= 4 is 17.5 Å². The van der Waals surface area contributed by atoms with Crippen LogP contribution in [-0.2, 0) is 0 Å².